The minimum atomic E-state index is 0.172. The lowest BCUT2D eigenvalue weighted by Gasteiger charge is -2.02. The molecule has 0 bridgehead atoms. The van der Waals surface area contributed by atoms with Crippen LogP contribution >= 0.6 is 24.0 Å². The van der Waals surface area contributed by atoms with E-state index >= 15 is 0 Å². The molecule has 0 amide bonds. The van der Waals surface area contributed by atoms with Crippen LogP contribution in [0.25, 0.3) is 22.1 Å². The Morgan fingerprint density at radius 1 is 1.09 bits per heavy atom. The summed E-state index contributed by atoms with van der Waals surface area (Å²) in [6.45, 7) is 0. The molecule has 0 saturated carbocycles. The predicted molar refractivity (Wildman–Crippen MR) is 91.9 cm³/mol. The number of imidazole rings is 2. The third kappa shape index (κ3) is 2.55. The van der Waals surface area contributed by atoms with Gasteiger partial charge in [0, 0.05) is 12.1 Å². The third-order valence-corrected chi connectivity index (χ3v) is 4.61. The van der Waals surface area contributed by atoms with Crippen molar-refractivity contribution < 1.29 is 9.84 Å². The Labute approximate surface area is 139 Å². The fourth-order valence-corrected chi connectivity index (χ4v) is 3.45. The van der Waals surface area contributed by atoms with Crippen molar-refractivity contribution in [2.75, 3.05) is 7.11 Å². The highest BCUT2D eigenvalue weighted by Gasteiger charge is 2.11. The van der Waals surface area contributed by atoms with Crippen molar-refractivity contribution in [2.24, 2.45) is 0 Å². The maximum atomic E-state index is 10.2. The first-order chi connectivity index (χ1) is 11.1. The van der Waals surface area contributed by atoms with Crippen molar-refractivity contribution in [1.82, 2.24) is 19.9 Å². The van der Waals surface area contributed by atoms with Crippen molar-refractivity contribution in [3.8, 4) is 11.5 Å². The molecule has 2 aromatic carbocycles. The maximum Gasteiger partial charge on any atom is 0.175 e. The van der Waals surface area contributed by atoms with Crippen LogP contribution in [0.4, 0.5) is 0 Å². The van der Waals surface area contributed by atoms with Crippen LogP contribution in [0.2, 0.25) is 0 Å². The monoisotopic (exact) mass is 344 g/mol. The Kier molecular flexibility index (Phi) is 3.28. The van der Waals surface area contributed by atoms with Gasteiger partial charge < -0.3 is 24.8 Å². The van der Waals surface area contributed by atoms with Gasteiger partial charge in [0.25, 0.3) is 0 Å². The van der Waals surface area contributed by atoms with Crippen molar-refractivity contribution in [1.29, 1.82) is 0 Å². The summed E-state index contributed by atoms with van der Waals surface area (Å²) in [6, 6.07) is 9.13. The van der Waals surface area contributed by atoms with E-state index in [2.05, 4.69) is 19.9 Å². The molecule has 4 N–H and O–H groups in total. The zero-order chi connectivity index (χ0) is 16.0. The number of benzene rings is 2. The number of hydrogen-bond acceptors (Lipinski definition) is 5. The van der Waals surface area contributed by atoms with Crippen molar-refractivity contribution >= 4 is 46.0 Å². The number of methoxy groups -OCH3 is 1. The molecule has 0 radical (unpaired) electrons. The van der Waals surface area contributed by atoms with Gasteiger partial charge in [-0.1, -0.05) is 0 Å². The summed E-state index contributed by atoms with van der Waals surface area (Å²) in [6.07, 6.45) is 0. The lowest BCUT2D eigenvalue weighted by atomic mass is 10.3. The summed E-state index contributed by atoms with van der Waals surface area (Å²) in [4.78, 5) is 14.4. The highest BCUT2D eigenvalue weighted by Crippen LogP contribution is 2.36. The molecule has 4 aromatic rings. The maximum absolute atomic E-state index is 10.2. The molecular formula is C15H12N4O2S2. The predicted octanol–water partition coefficient (Wildman–Crippen LogP) is 3.97. The van der Waals surface area contributed by atoms with Gasteiger partial charge in [0.2, 0.25) is 0 Å². The molecule has 23 heavy (non-hydrogen) atoms. The second kappa shape index (κ2) is 5.32. The van der Waals surface area contributed by atoms with Gasteiger partial charge in [0.15, 0.2) is 9.93 Å². The Bertz CT molecular complexity index is 1080. The molecule has 0 unspecified atom stereocenters. The standard InChI is InChI=1S/C15H12N4O2S2/c1-21-7-2-3-8-9(4-7)19-15(18-8)23-13-6-11-10(5-12(13)20)16-14(22)17-11/h2-6,20H,1H3,(H,18,19)(H2,16,17,22). The van der Waals surface area contributed by atoms with E-state index in [-0.39, 0.29) is 5.75 Å². The van der Waals surface area contributed by atoms with Crippen LogP contribution in [0, 0.1) is 4.77 Å². The lowest BCUT2D eigenvalue weighted by Crippen LogP contribution is -1.81. The molecular weight excluding hydrogens is 332 g/mol. The number of phenols is 1. The van der Waals surface area contributed by atoms with Gasteiger partial charge in [-0.15, -0.1) is 0 Å². The van der Waals surface area contributed by atoms with Crippen LogP contribution in [0.3, 0.4) is 0 Å². The second-order valence-electron chi connectivity index (χ2n) is 4.97. The number of rotatable bonds is 3. The molecule has 0 aliphatic carbocycles. The van der Waals surface area contributed by atoms with E-state index in [1.165, 1.54) is 11.8 Å². The van der Waals surface area contributed by atoms with Gasteiger partial charge in [-0.2, -0.15) is 0 Å². The topological polar surface area (TPSA) is 89.7 Å². The van der Waals surface area contributed by atoms with Gasteiger partial charge in [0.1, 0.15) is 11.5 Å². The van der Waals surface area contributed by atoms with Crippen LogP contribution in [0.5, 0.6) is 11.5 Å². The molecule has 0 atom stereocenters. The van der Waals surface area contributed by atoms with Crippen LogP contribution in [-0.2, 0) is 0 Å². The molecule has 0 fully saturated rings. The number of aromatic amines is 3. The third-order valence-electron chi connectivity index (χ3n) is 3.47. The molecule has 6 nitrogen and oxygen atoms in total. The Morgan fingerprint density at radius 3 is 2.65 bits per heavy atom. The summed E-state index contributed by atoms with van der Waals surface area (Å²) < 4.78 is 5.73. The van der Waals surface area contributed by atoms with E-state index in [0.717, 1.165) is 27.8 Å². The van der Waals surface area contributed by atoms with E-state index in [9.17, 15) is 5.11 Å². The Hall–Kier alpha value is -2.45. The first kappa shape index (κ1) is 14.2. The first-order valence-corrected chi connectivity index (χ1v) is 8.01. The fraction of sp³-hybridized carbons (Fsp3) is 0.0667. The molecule has 0 saturated heterocycles. The second-order valence-corrected chi connectivity index (χ2v) is 6.41. The number of aromatic nitrogens is 4. The Balaban J connectivity index is 1.74. The van der Waals surface area contributed by atoms with E-state index in [1.807, 2.05) is 24.3 Å². The SMILES string of the molecule is COc1ccc2nc(Sc3cc4[nH]c(=S)[nH]c4cc3O)[nH]c2c1. The summed E-state index contributed by atoms with van der Waals surface area (Å²) in [5, 5.41) is 10.9. The van der Waals surface area contributed by atoms with Crippen molar-refractivity contribution in [3.05, 3.63) is 35.1 Å². The van der Waals surface area contributed by atoms with Crippen LogP contribution < -0.4 is 4.74 Å². The quantitative estimate of drug-likeness (QED) is 0.422. The summed E-state index contributed by atoms with van der Waals surface area (Å²) >= 11 is 6.42. The van der Waals surface area contributed by atoms with Gasteiger partial charge >= 0.3 is 0 Å². The average Bonchev–Trinajstić information content (AvgIpc) is 3.08. The van der Waals surface area contributed by atoms with Gasteiger partial charge in [0.05, 0.1) is 34.1 Å². The van der Waals surface area contributed by atoms with E-state index in [1.54, 1.807) is 13.2 Å². The Morgan fingerprint density at radius 2 is 1.87 bits per heavy atom. The number of phenolic OH excluding ortho intramolecular Hbond substituents is 1. The van der Waals surface area contributed by atoms with E-state index in [0.29, 0.717) is 14.8 Å². The normalized spacial score (nSPS) is 11.3. The zero-order valence-corrected chi connectivity index (χ0v) is 13.6. The highest BCUT2D eigenvalue weighted by atomic mass is 32.2. The molecule has 2 aromatic heterocycles. The van der Waals surface area contributed by atoms with Gasteiger partial charge in [-0.25, -0.2) is 4.98 Å². The number of H-pyrrole nitrogens is 3. The van der Waals surface area contributed by atoms with Crippen LogP contribution in [-0.4, -0.2) is 32.2 Å². The molecule has 116 valence electrons. The zero-order valence-electron chi connectivity index (χ0n) is 12.0. The number of fused-ring (bicyclic) bond motifs is 2. The summed E-state index contributed by atoms with van der Waals surface area (Å²) in [5.41, 5.74) is 3.34. The molecule has 2 heterocycles. The highest BCUT2D eigenvalue weighted by molar-refractivity contribution is 7.99. The molecule has 0 aliphatic rings. The minimum absolute atomic E-state index is 0.172. The van der Waals surface area contributed by atoms with E-state index < -0.39 is 0 Å². The summed E-state index contributed by atoms with van der Waals surface area (Å²) in [5.74, 6) is 0.938. The smallest absolute Gasteiger partial charge is 0.175 e. The van der Waals surface area contributed by atoms with Gasteiger partial charge in [-0.3, -0.25) is 0 Å². The van der Waals surface area contributed by atoms with Crippen molar-refractivity contribution in [3.63, 3.8) is 0 Å². The average molecular weight is 344 g/mol. The van der Waals surface area contributed by atoms with Crippen LogP contribution in [0.15, 0.2) is 40.4 Å². The molecule has 0 spiro atoms. The number of ether oxygens (including phenoxy) is 1. The number of nitrogens with zero attached hydrogens (tertiary/aromatic N) is 1. The molecule has 8 heteroatoms. The van der Waals surface area contributed by atoms with Crippen LogP contribution in [0.1, 0.15) is 0 Å². The van der Waals surface area contributed by atoms with Crippen molar-refractivity contribution in [2.45, 2.75) is 10.1 Å². The fourth-order valence-electron chi connectivity index (χ4n) is 2.38. The molecule has 4 rings (SSSR count). The summed E-state index contributed by atoms with van der Waals surface area (Å²) in [7, 11) is 1.63. The number of nitrogens with one attached hydrogen (secondary N) is 3. The van der Waals surface area contributed by atoms with E-state index in [4.69, 9.17) is 17.0 Å². The molecule has 0 aliphatic heterocycles. The van der Waals surface area contributed by atoms with Gasteiger partial charge in [-0.05, 0) is 42.2 Å². The lowest BCUT2D eigenvalue weighted by molar-refractivity contribution is 0.415. The number of hydrogen-bond donors (Lipinski definition) is 4. The minimum Gasteiger partial charge on any atom is -0.507 e. The largest absolute Gasteiger partial charge is 0.507 e. The first-order valence-electron chi connectivity index (χ1n) is 6.79. The number of aromatic hydroxyl groups is 1.